The van der Waals surface area contributed by atoms with Gasteiger partial charge in [0.2, 0.25) is 0 Å². The van der Waals surface area contributed by atoms with E-state index in [2.05, 4.69) is 49.5 Å². The molecule has 27 heavy (non-hydrogen) atoms. The zero-order valence-corrected chi connectivity index (χ0v) is 18.0. The van der Waals surface area contributed by atoms with Gasteiger partial charge in [-0.1, -0.05) is 29.8 Å². The Morgan fingerprint density at radius 1 is 1.22 bits per heavy atom. The van der Waals surface area contributed by atoms with Crippen LogP contribution in [0.25, 0.3) is 0 Å². The minimum absolute atomic E-state index is 0. The average molecular weight is 405 g/mol. The topological polar surface area (TPSA) is 32.3 Å². The van der Waals surface area contributed by atoms with Crippen molar-refractivity contribution in [2.24, 2.45) is 5.92 Å². The first-order chi connectivity index (χ1) is 12.6. The lowest BCUT2D eigenvalue weighted by Crippen LogP contribution is -2.30. The van der Waals surface area contributed by atoms with Gasteiger partial charge < -0.3 is 10.2 Å². The number of hydrogen-bond donors (Lipinski definition) is 1. The highest BCUT2D eigenvalue weighted by atomic mass is 35.5. The summed E-state index contributed by atoms with van der Waals surface area (Å²) in [5, 5.41) is 3.22. The first kappa shape index (κ1) is 21.8. The van der Waals surface area contributed by atoms with Gasteiger partial charge in [0, 0.05) is 29.3 Å². The van der Waals surface area contributed by atoms with Crippen LogP contribution in [0.4, 0.5) is 0 Å². The van der Waals surface area contributed by atoms with E-state index in [1.54, 1.807) is 0 Å². The predicted molar refractivity (Wildman–Crippen MR) is 117 cm³/mol. The maximum Gasteiger partial charge on any atom is 0.253 e. The molecule has 0 radical (unpaired) electrons. The van der Waals surface area contributed by atoms with Gasteiger partial charge in [-0.15, -0.1) is 24.2 Å². The van der Waals surface area contributed by atoms with E-state index in [1.807, 2.05) is 35.8 Å². The molecule has 1 unspecified atom stereocenters. The average Bonchev–Trinajstić information content (AvgIpc) is 3.11. The molecule has 2 aromatic carbocycles. The minimum Gasteiger partial charge on any atom is -0.338 e. The van der Waals surface area contributed by atoms with Gasteiger partial charge in [-0.2, -0.15) is 0 Å². The molecule has 3 rings (SSSR count). The third-order valence-electron chi connectivity index (χ3n) is 4.98. The molecule has 0 saturated carbocycles. The standard InChI is InChI=1S/C22H28N2OS.ClH/c1-16-7-8-17(2)21(11-16)26-15-18-5-4-6-20(12-18)22(25)24-10-9-19(14-24)13-23-3;/h4-8,11-12,19,23H,9-10,13-15H2,1-3H3;1H. The number of aryl methyl sites for hydroxylation is 2. The highest BCUT2D eigenvalue weighted by Crippen LogP contribution is 2.27. The lowest BCUT2D eigenvalue weighted by molar-refractivity contribution is 0.0787. The fraction of sp³-hybridized carbons (Fsp3) is 0.409. The zero-order chi connectivity index (χ0) is 18.5. The number of nitrogens with one attached hydrogen (secondary N) is 1. The number of likely N-dealkylation sites (tertiary alicyclic amines) is 1. The second kappa shape index (κ2) is 10.2. The molecule has 2 aromatic rings. The lowest BCUT2D eigenvalue weighted by atomic mass is 10.1. The predicted octanol–water partition coefficient (Wildman–Crippen LogP) is 4.70. The number of benzene rings is 2. The summed E-state index contributed by atoms with van der Waals surface area (Å²) < 4.78 is 0. The molecule has 1 amide bonds. The van der Waals surface area contributed by atoms with Crippen LogP contribution in [0.2, 0.25) is 0 Å². The zero-order valence-electron chi connectivity index (χ0n) is 16.3. The molecule has 1 N–H and O–H groups in total. The van der Waals surface area contributed by atoms with E-state index in [0.717, 1.165) is 37.4 Å². The van der Waals surface area contributed by atoms with Gasteiger partial charge in [0.05, 0.1) is 0 Å². The fourth-order valence-corrected chi connectivity index (χ4v) is 4.54. The number of hydrogen-bond acceptors (Lipinski definition) is 3. The number of carbonyl (C=O) groups excluding carboxylic acids is 1. The number of carbonyl (C=O) groups is 1. The van der Waals surface area contributed by atoms with Crippen molar-refractivity contribution >= 4 is 30.1 Å². The summed E-state index contributed by atoms with van der Waals surface area (Å²) in [6.07, 6.45) is 1.09. The highest BCUT2D eigenvalue weighted by Gasteiger charge is 2.26. The summed E-state index contributed by atoms with van der Waals surface area (Å²) in [6, 6.07) is 14.7. The number of rotatable bonds is 6. The van der Waals surface area contributed by atoms with Gasteiger partial charge >= 0.3 is 0 Å². The summed E-state index contributed by atoms with van der Waals surface area (Å²) in [7, 11) is 1.97. The van der Waals surface area contributed by atoms with Crippen LogP contribution in [-0.4, -0.2) is 37.5 Å². The van der Waals surface area contributed by atoms with Crippen LogP contribution in [0.3, 0.4) is 0 Å². The monoisotopic (exact) mass is 404 g/mol. The Morgan fingerprint density at radius 2 is 2.04 bits per heavy atom. The third kappa shape index (κ3) is 5.74. The van der Waals surface area contributed by atoms with Gasteiger partial charge in [-0.25, -0.2) is 0 Å². The molecule has 3 nitrogen and oxygen atoms in total. The van der Waals surface area contributed by atoms with Crippen LogP contribution < -0.4 is 5.32 Å². The fourth-order valence-electron chi connectivity index (χ4n) is 3.47. The van der Waals surface area contributed by atoms with E-state index in [1.165, 1.54) is 21.6 Å². The second-order valence-corrected chi connectivity index (χ2v) is 8.24. The summed E-state index contributed by atoms with van der Waals surface area (Å²) in [6.45, 7) is 6.99. The molecule has 1 fully saturated rings. The molecular formula is C22H29ClN2OS. The number of amides is 1. The Bertz CT molecular complexity index is 781. The first-order valence-corrected chi connectivity index (χ1v) is 10.3. The molecule has 0 bridgehead atoms. The summed E-state index contributed by atoms with van der Waals surface area (Å²) in [5.74, 6) is 1.63. The minimum atomic E-state index is 0. The smallest absolute Gasteiger partial charge is 0.253 e. The van der Waals surface area contributed by atoms with Crippen molar-refractivity contribution in [1.82, 2.24) is 10.2 Å². The van der Waals surface area contributed by atoms with Gasteiger partial charge in [0.25, 0.3) is 5.91 Å². The van der Waals surface area contributed by atoms with Crippen molar-refractivity contribution in [1.29, 1.82) is 0 Å². The van der Waals surface area contributed by atoms with E-state index in [-0.39, 0.29) is 18.3 Å². The van der Waals surface area contributed by atoms with Crippen molar-refractivity contribution < 1.29 is 4.79 Å². The largest absolute Gasteiger partial charge is 0.338 e. The maximum atomic E-state index is 12.8. The number of nitrogens with zero attached hydrogens (tertiary/aromatic N) is 1. The van der Waals surface area contributed by atoms with Crippen LogP contribution in [0.5, 0.6) is 0 Å². The Morgan fingerprint density at radius 3 is 2.81 bits per heavy atom. The molecule has 1 heterocycles. The van der Waals surface area contributed by atoms with Crippen LogP contribution in [0.1, 0.15) is 33.5 Å². The summed E-state index contributed by atoms with van der Waals surface area (Å²) in [4.78, 5) is 16.1. The molecule has 5 heteroatoms. The van der Waals surface area contributed by atoms with Crippen LogP contribution in [-0.2, 0) is 5.75 Å². The molecule has 1 saturated heterocycles. The van der Waals surface area contributed by atoms with E-state index in [4.69, 9.17) is 0 Å². The maximum absolute atomic E-state index is 12.8. The summed E-state index contributed by atoms with van der Waals surface area (Å²) in [5.41, 5.74) is 4.61. The van der Waals surface area contributed by atoms with Crippen LogP contribution in [0.15, 0.2) is 47.4 Å². The normalized spacial score (nSPS) is 16.3. The molecule has 0 aromatic heterocycles. The van der Waals surface area contributed by atoms with Gasteiger partial charge in [-0.3, -0.25) is 4.79 Å². The van der Waals surface area contributed by atoms with Crippen molar-refractivity contribution in [2.75, 3.05) is 26.7 Å². The van der Waals surface area contributed by atoms with Crippen LogP contribution in [0, 0.1) is 19.8 Å². The Labute approximate surface area is 173 Å². The summed E-state index contributed by atoms with van der Waals surface area (Å²) >= 11 is 1.84. The van der Waals surface area contributed by atoms with Crippen molar-refractivity contribution in [3.63, 3.8) is 0 Å². The highest BCUT2D eigenvalue weighted by molar-refractivity contribution is 7.98. The Kier molecular flexibility index (Phi) is 8.21. The Balaban J connectivity index is 0.00000261. The first-order valence-electron chi connectivity index (χ1n) is 9.29. The quantitative estimate of drug-likeness (QED) is 0.708. The van der Waals surface area contributed by atoms with E-state index >= 15 is 0 Å². The molecular weight excluding hydrogens is 376 g/mol. The van der Waals surface area contributed by atoms with Crippen molar-refractivity contribution in [2.45, 2.75) is 30.9 Å². The van der Waals surface area contributed by atoms with Gasteiger partial charge in [0.15, 0.2) is 0 Å². The van der Waals surface area contributed by atoms with Gasteiger partial charge in [-0.05, 0) is 69.1 Å². The number of halogens is 1. The molecule has 146 valence electrons. The lowest BCUT2D eigenvalue weighted by Gasteiger charge is -2.17. The second-order valence-electron chi connectivity index (χ2n) is 7.22. The van der Waals surface area contributed by atoms with E-state index in [9.17, 15) is 4.79 Å². The van der Waals surface area contributed by atoms with E-state index < -0.39 is 0 Å². The van der Waals surface area contributed by atoms with Crippen molar-refractivity contribution in [3.8, 4) is 0 Å². The molecule has 0 spiro atoms. The molecule has 0 aliphatic carbocycles. The number of thioether (sulfide) groups is 1. The van der Waals surface area contributed by atoms with Crippen molar-refractivity contribution in [3.05, 3.63) is 64.7 Å². The Hall–Kier alpha value is -1.49. The van der Waals surface area contributed by atoms with Crippen LogP contribution >= 0.6 is 24.2 Å². The van der Waals surface area contributed by atoms with E-state index in [0.29, 0.717) is 5.92 Å². The van der Waals surface area contributed by atoms with Gasteiger partial charge in [0.1, 0.15) is 0 Å². The molecule has 1 aliphatic heterocycles. The third-order valence-corrected chi connectivity index (χ3v) is 6.21. The molecule has 1 atom stereocenters. The molecule has 1 aliphatic rings. The SMILES string of the molecule is CNCC1CCN(C(=O)c2cccc(CSc3cc(C)ccc3C)c2)C1.Cl.